The molecule has 1 amide bonds. The zero-order chi connectivity index (χ0) is 18.1. The molecule has 0 unspecified atom stereocenters. The summed E-state index contributed by atoms with van der Waals surface area (Å²) in [6, 6.07) is 2.48. The number of likely N-dealkylation sites (tertiary alicyclic amines) is 1. The molecule has 0 radical (unpaired) electrons. The second-order valence-electron chi connectivity index (χ2n) is 6.15. The number of nitrogens with zero attached hydrogens (tertiary/aromatic N) is 1. The van der Waals surface area contributed by atoms with Crippen LogP contribution in [-0.2, 0) is 4.79 Å². The summed E-state index contributed by atoms with van der Waals surface area (Å²) in [5.74, 6) is -2.98. The number of phenolic OH excluding ortho intramolecular Hbond substituents is 1. The van der Waals surface area contributed by atoms with E-state index in [-0.39, 0.29) is 23.1 Å². The number of hydrogen-bond acceptors (Lipinski definition) is 5. The van der Waals surface area contributed by atoms with Crippen LogP contribution >= 0.6 is 23.2 Å². The molecule has 0 spiro atoms. The summed E-state index contributed by atoms with van der Waals surface area (Å²) in [7, 11) is 0. The van der Waals surface area contributed by atoms with Crippen LogP contribution in [0.2, 0.25) is 10.0 Å². The van der Waals surface area contributed by atoms with Crippen LogP contribution in [0.5, 0.6) is 5.75 Å². The first-order valence-corrected chi connectivity index (χ1v) is 8.60. The van der Waals surface area contributed by atoms with E-state index in [0.717, 1.165) is 0 Å². The molecule has 1 saturated heterocycles. The molecular formula is C16H22Cl2N2O4. The second kappa shape index (κ2) is 7.45. The SMILES string of the molecule is CCC(O)(O)C(=O)N1CCC([C@@H](N)c2cc(Cl)c(Cl)cc2O)CC1. The summed E-state index contributed by atoms with van der Waals surface area (Å²) in [6.45, 7) is 2.29. The van der Waals surface area contributed by atoms with Crippen LogP contribution in [-0.4, -0.2) is 45.0 Å². The van der Waals surface area contributed by atoms with Crippen molar-refractivity contribution in [2.45, 2.75) is 38.0 Å². The predicted octanol–water partition coefficient (Wildman–Crippen LogP) is 2.03. The number of aliphatic hydroxyl groups is 2. The highest BCUT2D eigenvalue weighted by molar-refractivity contribution is 6.42. The first kappa shape index (κ1) is 19.3. The summed E-state index contributed by atoms with van der Waals surface area (Å²) in [6.07, 6.45) is 1.11. The van der Waals surface area contributed by atoms with Gasteiger partial charge in [0.1, 0.15) is 5.75 Å². The van der Waals surface area contributed by atoms with Gasteiger partial charge in [0.2, 0.25) is 5.79 Å². The molecular weight excluding hydrogens is 355 g/mol. The average Bonchev–Trinajstić information content (AvgIpc) is 2.57. The minimum absolute atomic E-state index is 0.00822. The van der Waals surface area contributed by atoms with Gasteiger partial charge in [0.25, 0.3) is 5.91 Å². The Morgan fingerprint density at radius 2 is 1.88 bits per heavy atom. The lowest BCUT2D eigenvalue weighted by atomic mass is 9.85. The highest BCUT2D eigenvalue weighted by Gasteiger charge is 2.37. The van der Waals surface area contributed by atoms with Gasteiger partial charge < -0.3 is 26.0 Å². The Hall–Kier alpha value is -1.05. The number of carbonyl (C=O) groups excluding carboxylic acids is 1. The van der Waals surface area contributed by atoms with Crippen LogP contribution in [0.3, 0.4) is 0 Å². The van der Waals surface area contributed by atoms with Crippen LogP contribution in [0.15, 0.2) is 12.1 Å². The molecule has 2 rings (SSSR count). The van der Waals surface area contributed by atoms with Gasteiger partial charge in [-0.3, -0.25) is 4.79 Å². The molecule has 1 aliphatic heterocycles. The van der Waals surface area contributed by atoms with Gasteiger partial charge in [0, 0.05) is 37.2 Å². The highest BCUT2D eigenvalue weighted by atomic mass is 35.5. The van der Waals surface area contributed by atoms with Crippen molar-refractivity contribution in [2.75, 3.05) is 13.1 Å². The minimum Gasteiger partial charge on any atom is -0.508 e. The molecule has 24 heavy (non-hydrogen) atoms. The predicted molar refractivity (Wildman–Crippen MR) is 91.8 cm³/mol. The number of phenols is 1. The van der Waals surface area contributed by atoms with Gasteiger partial charge in [0.05, 0.1) is 10.0 Å². The number of benzene rings is 1. The van der Waals surface area contributed by atoms with Crippen LogP contribution in [0.25, 0.3) is 0 Å². The lowest BCUT2D eigenvalue weighted by molar-refractivity contribution is -0.198. The smallest absolute Gasteiger partial charge is 0.282 e. The Bertz CT molecular complexity index is 616. The van der Waals surface area contributed by atoms with Crippen molar-refractivity contribution < 1.29 is 20.1 Å². The van der Waals surface area contributed by atoms with E-state index in [1.54, 1.807) is 6.07 Å². The molecule has 0 aromatic heterocycles. The maximum absolute atomic E-state index is 12.1. The fraction of sp³-hybridized carbons (Fsp3) is 0.562. The Labute approximate surface area is 150 Å². The normalized spacial score (nSPS) is 17.8. The molecule has 1 aliphatic rings. The summed E-state index contributed by atoms with van der Waals surface area (Å²) in [4.78, 5) is 13.5. The van der Waals surface area contributed by atoms with Crippen molar-refractivity contribution >= 4 is 29.1 Å². The lowest BCUT2D eigenvalue weighted by Crippen LogP contribution is -2.51. The zero-order valence-corrected chi connectivity index (χ0v) is 14.9. The number of aromatic hydroxyl groups is 1. The van der Waals surface area contributed by atoms with Gasteiger partial charge in [0.15, 0.2) is 0 Å². The van der Waals surface area contributed by atoms with Gasteiger partial charge in [-0.2, -0.15) is 0 Å². The molecule has 5 N–H and O–H groups in total. The molecule has 1 aromatic carbocycles. The first-order chi connectivity index (χ1) is 11.2. The lowest BCUT2D eigenvalue weighted by Gasteiger charge is -2.37. The fourth-order valence-corrected chi connectivity index (χ4v) is 3.27. The van der Waals surface area contributed by atoms with Gasteiger partial charge in [-0.15, -0.1) is 0 Å². The molecule has 0 saturated carbocycles. The topological polar surface area (TPSA) is 107 Å². The highest BCUT2D eigenvalue weighted by Crippen LogP contribution is 2.37. The zero-order valence-electron chi connectivity index (χ0n) is 13.4. The molecule has 0 aliphatic carbocycles. The van der Waals surface area contributed by atoms with E-state index in [4.69, 9.17) is 28.9 Å². The van der Waals surface area contributed by atoms with E-state index >= 15 is 0 Å². The van der Waals surface area contributed by atoms with Crippen molar-refractivity contribution in [3.63, 3.8) is 0 Å². The summed E-state index contributed by atoms with van der Waals surface area (Å²) < 4.78 is 0. The van der Waals surface area contributed by atoms with Gasteiger partial charge >= 0.3 is 0 Å². The Kier molecular flexibility index (Phi) is 5.99. The van der Waals surface area contributed by atoms with Crippen LogP contribution in [0.1, 0.15) is 37.8 Å². The molecule has 1 heterocycles. The summed E-state index contributed by atoms with van der Waals surface area (Å²) >= 11 is 11.9. The Morgan fingerprint density at radius 3 is 2.42 bits per heavy atom. The molecule has 6 nitrogen and oxygen atoms in total. The largest absolute Gasteiger partial charge is 0.508 e. The van der Waals surface area contributed by atoms with E-state index in [1.165, 1.54) is 17.9 Å². The number of halogens is 2. The first-order valence-electron chi connectivity index (χ1n) is 7.85. The Morgan fingerprint density at radius 1 is 1.33 bits per heavy atom. The third-order valence-corrected chi connectivity index (χ3v) is 5.32. The molecule has 1 fully saturated rings. The number of piperidine rings is 1. The van der Waals surface area contributed by atoms with Crippen LogP contribution < -0.4 is 5.73 Å². The maximum Gasteiger partial charge on any atom is 0.282 e. The van der Waals surface area contributed by atoms with Gasteiger partial charge in [-0.1, -0.05) is 30.1 Å². The van der Waals surface area contributed by atoms with E-state index < -0.39 is 17.7 Å². The fourth-order valence-electron chi connectivity index (χ4n) is 2.94. The molecule has 0 bridgehead atoms. The second-order valence-corrected chi connectivity index (χ2v) is 6.97. The number of carbonyl (C=O) groups is 1. The van der Waals surface area contributed by atoms with Gasteiger partial charge in [-0.05, 0) is 24.8 Å². The van der Waals surface area contributed by atoms with E-state index in [9.17, 15) is 20.1 Å². The van der Waals surface area contributed by atoms with E-state index in [2.05, 4.69) is 0 Å². The quantitative estimate of drug-likeness (QED) is 0.601. The number of nitrogens with two attached hydrogens (primary N) is 1. The number of hydrogen-bond donors (Lipinski definition) is 4. The third-order valence-electron chi connectivity index (χ3n) is 4.60. The molecule has 134 valence electrons. The van der Waals surface area contributed by atoms with E-state index in [1.807, 2.05) is 0 Å². The van der Waals surface area contributed by atoms with Crippen LogP contribution in [0.4, 0.5) is 0 Å². The van der Waals surface area contributed by atoms with Crippen molar-refractivity contribution in [1.82, 2.24) is 4.90 Å². The average molecular weight is 377 g/mol. The minimum atomic E-state index is -2.32. The summed E-state index contributed by atoms with van der Waals surface area (Å²) in [5.41, 5.74) is 6.77. The molecule has 1 aromatic rings. The summed E-state index contributed by atoms with van der Waals surface area (Å²) in [5, 5.41) is 30.0. The third kappa shape index (κ3) is 3.95. The van der Waals surface area contributed by atoms with Crippen molar-refractivity contribution in [3.05, 3.63) is 27.7 Å². The standard InChI is InChI=1S/C16H22Cl2N2O4/c1-2-16(23,24)15(22)20-5-3-9(4-6-20)14(19)10-7-11(17)12(18)8-13(10)21/h7-9,14,21,23-24H,2-6,19H2,1H3/t14-/m1/s1. The van der Waals surface area contributed by atoms with E-state index in [0.29, 0.717) is 36.5 Å². The maximum atomic E-state index is 12.1. The molecule has 1 atom stereocenters. The van der Waals surface area contributed by atoms with Gasteiger partial charge in [-0.25, -0.2) is 0 Å². The van der Waals surface area contributed by atoms with Crippen molar-refractivity contribution in [1.29, 1.82) is 0 Å². The van der Waals surface area contributed by atoms with Crippen molar-refractivity contribution in [3.8, 4) is 5.75 Å². The Balaban J connectivity index is 2.05. The number of rotatable bonds is 4. The monoisotopic (exact) mass is 376 g/mol. The molecule has 8 heteroatoms. The number of amides is 1. The van der Waals surface area contributed by atoms with Crippen LogP contribution in [0, 0.1) is 5.92 Å². The van der Waals surface area contributed by atoms with Crippen molar-refractivity contribution in [2.24, 2.45) is 11.7 Å².